The summed E-state index contributed by atoms with van der Waals surface area (Å²) in [6, 6.07) is 48.7. The van der Waals surface area contributed by atoms with Crippen molar-refractivity contribution in [1.82, 2.24) is 14.4 Å². The quantitative estimate of drug-likeness (QED) is 0.165. The lowest BCUT2D eigenvalue weighted by atomic mass is 9.43. The number of aryl methyl sites for hydroxylation is 4. The van der Waals surface area contributed by atoms with Crippen molar-refractivity contribution in [1.29, 1.82) is 0 Å². The molecule has 7 aliphatic carbocycles. The van der Waals surface area contributed by atoms with Gasteiger partial charge in [-0.05, 0) is 135 Å². The highest BCUT2D eigenvalue weighted by atomic mass is 16.3. The van der Waals surface area contributed by atoms with E-state index in [-0.39, 0.29) is 29.1 Å². The molecule has 3 unspecified atom stereocenters. The molecule has 5 aromatic heterocycles. The molecule has 67 heavy (non-hydrogen) atoms. The Labute approximate surface area is 385 Å². The van der Waals surface area contributed by atoms with Crippen LogP contribution in [-0.4, -0.2) is 14.4 Å². The van der Waals surface area contributed by atoms with Gasteiger partial charge in [0.25, 0.3) is 0 Å². The summed E-state index contributed by atoms with van der Waals surface area (Å²) in [5, 5.41) is 7.75. The van der Waals surface area contributed by atoms with Gasteiger partial charge < -0.3 is 8.82 Å². The van der Waals surface area contributed by atoms with Crippen LogP contribution in [0.4, 0.5) is 0 Å². The van der Waals surface area contributed by atoms with E-state index in [0.717, 1.165) is 24.0 Å². The Kier molecular flexibility index (Phi) is 5.88. The number of aromatic nitrogens is 3. The fourth-order valence-corrected chi connectivity index (χ4v) is 16.0. The van der Waals surface area contributed by atoms with Crippen LogP contribution in [0.15, 0.2) is 144 Å². The molecule has 314 valence electrons. The molecule has 2 bridgehead atoms. The van der Waals surface area contributed by atoms with Crippen LogP contribution < -0.4 is 0 Å². The zero-order chi connectivity index (χ0) is 43.3. The van der Waals surface area contributed by atoms with E-state index < -0.39 is 0 Å². The van der Waals surface area contributed by atoms with Gasteiger partial charge in [0.1, 0.15) is 11.2 Å². The van der Waals surface area contributed by atoms with E-state index in [1.807, 2.05) is 0 Å². The van der Waals surface area contributed by atoms with Gasteiger partial charge in [0.2, 0.25) is 0 Å². The van der Waals surface area contributed by atoms with Crippen LogP contribution in [0.2, 0.25) is 0 Å². The van der Waals surface area contributed by atoms with Crippen LogP contribution >= 0.6 is 0 Å². The summed E-state index contributed by atoms with van der Waals surface area (Å²) in [6.07, 6.45) is 9.16. The highest BCUT2D eigenvalue weighted by Gasteiger charge is 2.70. The van der Waals surface area contributed by atoms with E-state index in [1.165, 1.54) is 162 Å². The Bertz CT molecular complexity index is 4290. The predicted octanol–water partition coefficient (Wildman–Crippen LogP) is 14.6. The largest absolute Gasteiger partial charge is 0.455 e. The molecule has 5 heterocycles. The van der Waals surface area contributed by atoms with Crippen molar-refractivity contribution >= 4 is 60.0 Å². The van der Waals surface area contributed by atoms with Crippen molar-refractivity contribution in [2.45, 2.75) is 68.6 Å². The second-order valence-corrected chi connectivity index (χ2v) is 20.9. The van der Waals surface area contributed by atoms with Crippen LogP contribution in [0.5, 0.6) is 0 Å². The minimum absolute atomic E-state index is 0.0582. The Morgan fingerprint density at radius 2 is 1.09 bits per heavy atom. The van der Waals surface area contributed by atoms with Gasteiger partial charge in [0.15, 0.2) is 0 Å². The van der Waals surface area contributed by atoms with Gasteiger partial charge in [-0.25, -0.2) is 0 Å². The van der Waals surface area contributed by atoms with E-state index >= 15 is 0 Å². The third kappa shape index (κ3) is 3.60. The van der Waals surface area contributed by atoms with Gasteiger partial charge in [-0.1, -0.05) is 115 Å². The van der Waals surface area contributed by atoms with Gasteiger partial charge in [-0.2, -0.15) is 0 Å². The monoisotopic (exact) mass is 855 g/mol. The minimum atomic E-state index is -0.113. The number of hydrogen-bond donors (Lipinski definition) is 0. The number of furan rings is 1. The molecule has 0 radical (unpaired) electrons. The van der Waals surface area contributed by atoms with Gasteiger partial charge in [-0.3, -0.25) is 9.97 Å². The predicted molar refractivity (Wildman–Crippen MR) is 268 cm³/mol. The van der Waals surface area contributed by atoms with E-state index in [0.29, 0.717) is 0 Å². The molecule has 0 fully saturated rings. The number of hydrogen-bond acceptors (Lipinski definition) is 3. The molecule has 7 aliphatic rings. The lowest BCUT2D eigenvalue weighted by Gasteiger charge is -2.58. The summed E-state index contributed by atoms with van der Waals surface area (Å²) in [6.45, 7) is 4.60. The Morgan fingerprint density at radius 3 is 1.76 bits per heavy atom. The smallest absolute Gasteiger partial charge is 0.144 e. The highest BCUT2D eigenvalue weighted by molar-refractivity contribution is 6.40. The fraction of sp³-hybridized carbons (Fsp3) is 0.175. The first-order chi connectivity index (χ1) is 33.1. The first-order valence-electron chi connectivity index (χ1n) is 24.5. The second kappa shape index (κ2) is 11.3. The standard InChI is InChI=1S/C63H41N3O/c1-30-14-13-15-31(2)46(30)55-54-51-44(29-65-60-56(51)57-38-22-9-11-24-41(38)63(57)42-25-12-10-23-39(42)58(60)63)66-43-28-64-59-48-36-20-7-5-18-34(36)47(35-19-6-8-21-37(35)48)52(59)50(43)53(61(54)66)49-40-26-32-16-3-4-17-33(32)27-45(40)67-62(49)55/h5-15,18-29,47-48,57-58H,3-4,16-17H2,1-2H3. The Balaban J connectivity index is 1.10. The SMILES string of the molecule is Cc1cccc(C)c1-c1c2oc3cc4c(cc3c2c2c3c5c(ncc3n3c6cnc7c(c6c1c23)C1c2ccccc2C12c1ccccc1C72)C1c2ccccc2C5c2ccccc21)CCCC4. The third-order valence-electron chi connectivity index (χ3n) is 18.3. The van der Waals surface area contributed by atoms with E-state index in [4.69, 9.17) is 14.4 Å². The summed E-state index contributed by atoms with van der Waals surface area (Å²) < 4.78 is 10.3. The molecule has 3 atom stereocenters. The minimum Gasteiger partial charge on any atom is -0.455 e. The first-order valence-corrected chi connectivity index (χ1v) is 24.5. The zero-order valence-electron chi connectivity index (χ0n) is 37.2. The van der Waals surface area contributed by atoms with Crippen LogP contribution in [-0.2, 0) is 18.3 Å². The first kappa shape index (κ1) is 34.7. The van der Waals surface area contributed by atoms with Crippen molar-refractivity contribution < 1.29 is 4.42 Å². The molecule has 0 aliphatic heterocycles. The summed E-state index contributed by atoms with van der Waals surface area (Å²) >= 11 is 0. The van der Waals surface area contributed by atoms with Crippen molar-refractivity contribution in [3.8, 4) is 11.1 Å². The molecule has 0 amide bonds. The van der Waals surface area contributed by atoms with Crippen molar-refractivity contribution in [2.75, 3.05) is 0 Å². The maximum absolute atomic E-state index is 7.64. The van der Waals surface area contributed by atoms with Crippen LogP contribution in [0.1, 0.15) is 126 Å². The van der Waals surface area contributed by atoms with Crippen LogP contribution in [0, 0.1) is 13.8 Å². The lowest BCUT2D eigenvalue weighted by molar-refractivity contribution is 0.331. The normalized spacial score (nSPS) is 22.0. The van der Waals surface area contributed by atoms with Gasteiger partial charge in [0, 0.05) is 61.0 Å². The summed E-state index contributed by atoms with van der Waals surface area (Å²) in [5.41, 5.74) is 30.1. The molecule has 0 saturated heterocycles. The van der Waals surface area contributed by atoms with Crippen molar-refractivity contribution in [3.05, 3.63) is 229 Å². The highest BCUT2D eigenvalue weighted by Crippen LogP contribution is 2.78. The Hall–Kier alpha value is -7.56. The summed E-state index contributed by atoms with van der Waals surface area (Å²) in [4.78, 5) is 11.4. The number of fused-ring (bicyclic) bond motifs is 19. The summed E-state index contributed by atoms with van der Waals surface area (Å²) in [5.74, 6) is 0.540. The van der Waals surface area contributed by atoms with Crippen molar-refractivity contribution in [2.24, 2.45) is 0 Å². The van der Waals surface area contributed by atoms with Gasteiger partial charge >= 0.3 is 0 Å². The second-order valence-electron chi connectivity index (χ2n) is 20.9. The maximum atomic E-state index is 7.64. The van der Waals surface area contributed by atoms with Crippen LogP contribution in [0.25, 0.3) is 71.2 Å². The van der Waals surface area contributed by atoms with E-state index in [2.05, 4.69) is 158 Å². The molecule has 19 rings (SSSR count). The molecule has 12 aromatic rings. The molecule has 7 aromatic carbocycles. The van der Waals surface area contributed by atoms with Gasteiger partial charge in [-0.15, -0.1) is 0 Å². The van der Waals surface area contributed by atoms with E-state index in [9.17, 15) is 0 Å². The molecule has 4 nitrogen and oxygen atoms in total. The Morgan fingerprint density at radius 1 is 0.522 bits per heavy atom. The average Bonchev–Trinajstić information content (AvgIpc) is 4.06. The van der Waals surface area contributed by atoms with Gasteiger partial charge in [0.05, 0.1) is 46.2 Å². The number of nitrogens with zero attached hydrogens (tertiary/aromatic N) is 3. The number of pyridine rings is 2. The molecular formula is C63H41N3O. The average molecular weight is 856 g/mol. The fourth-order valence-electron chi connectivity index (χ4n) is 16.0. The molecule has 4 heteroatoms. The topological polar surface area (TPSA) is 43.3 Å². The number of benzene rings is 7. The summed E-state index contributed by atoms with van der Waals surface area (Å²) in [7, 11) is 0. The van der Waals surface area contributed by atoms with E-state index in [1.54, 1.807) is 0 Å². The molecular weight excluding hydrogens is 815 g/mol. The van der Waals surface area contributed by atoms with Crippen molar-refractivity contribution in [3.63, 3.8) is 0 Å². The zero-order valence-corrected chi connectivity index (χ0v) is 37.2. The lowest BCUT2D eigenvalue weighted by Crippen LogP contribution is -2.52. The molecule has 0 N–H and O–H groups in total. The third-order valence-corrected chi connectivity index (χ3v) is 18.3. The number of rotatable bonds is 1. The van der Waals surface area contributed by atoms with Crippen LogP contribution in [0.3, 0.4) is 0 Å². The molecule has 0 saturated carbocycles. The maximum Gasteiger partial charge on any atom is 0.144 e. The molecule has 1 spiro atoms.